The van der Waals surface area contributed by atoms with E-state index in [4.69, 9.17) is 10.5 Å². The molecule has 0 aromatic heterocycles. The van der Waals surface area contributed by atoms with Gasteiger partial charge in [-0.15, -0.1) is 0 Å². The summed E-state index contributed by atoms with van der Waals surface area (Å²) in [6, 6.07) is 6.69. The van der Waals surface area contributed by atoms with Gasteiger partial charge in [0, 0.05) is 42.8 Å². The molecule has 116 valence electrons. The molecular formula is C18H28N2O. The normalized spacial score (nSPS) is 33.4. The van der Waals surface area contributed by atoms with E-state index in [0.717, 1.165) is 19.6 Å². The van der Waals surface area contributed by atoms with Crippen molar-refractivity contribution in [3.63, 3.8) is 0 Å². The first-order valence-corrected chi connectivity index (χ1v) is 7.95. The van der Waals surface area contributed by atoms with Crippen LogP contribution in [-0.2, 0) is 4.74 Å². The summed E-state index contributed by atoms with van der Waals surface area (Å²) in [5, 5.41) is 0. The minimum atomic E-state index is -0.166. The largest absolute Gasteiger partial charge is 0.377 e. The zero-order valence-corrected chi connectivity index (χ0v) is 13.9. The van der Waals surface area contributed by atoms with E-state index in [-0.39, 0.29) is 11.0 Å². The summed E-state index contributed by atoms with van der Waals surface area (Å²) in [6.45, 7) is 10.6. The monoisotopic (exact) mass is 288 g/mol. The van der Waals surface area contributed by atoms with Crippen LogP contribution in [0.2, 0.25) is 0 Å². The minimum Gasteiger partial charge on any atom is -0.377 e. The molecule has 3 heteroatoms. The van der Waals surface area contributed by atoms with E-state index in [2.05, 4.69) is 57.8 Å². The summed E-state index contributed by atoms with van der Waals surface area (Å²) in [4.78, 5) is 2.32. The number of benzene rings is 1. The molecule has 1 saturated carbocycles. The van der Waals surface area contributed by atoms with Gasteiger partial charge in [-0.25, -0.2) is 0 Å². The topological polar surface area (TPSA) is 38.5 Å². The van der Waals surface area contributed by atoms with E-state index in [1.165, 1.54) is 16.8 Å². The number of fused-ring (bicyclic) bond motifs is 1. The summed E-state index contributed by atoms with van der Waals surface area (Å²) >= 11 is 0. The Bertz CT molecular complexity index is 534. The quantitative estimate of drug-likeness (QED) is 0.929. The lowest BCUT2D eigenvalue weighted by molar-refractivity contribution is -0.150. The van der Waals surface area contributed by atoms with Gasteiger partial charge in [0.25, 0.3) is 0 Å². The Kier molecular flexibility index (Phi) is 3.34. The van der Waals surface area contributed by atoms with Crippen LogP contribution in [0.1, 0.15) is 31.4 Å². The molecule has 1 heterocycles. The molecule has 21 heavy (non-hydrogen) atoms. The van der Waals surface area contributed by atoms with Gasteiger partial charge in [0.15, 0.2) is 0 Å². The van der Waals surface area contributed by atoms with Gasteiger partial charge in [0.1, 0.15) is 0 Å². The Morgan fingerprint density at radius 2 is 1.86 bits per heavy atom. The number of hydrogen-bond acceptors (Lipinski definition) is 3. The van der Waals surface area contributed by atoms with E-state index in [1.807, 2.05) is 0 Å². The maximum Gasteiger partial charge on any atom is 0.0691 e. The number of rotatable bonds is 3. The molecule has 1 saturated heterocycles. The van der Waals surface area contributed by atoms with Crippen LogP contribution in [0.5, 0.6) is 0 Å². The highest BCUT2D eigenvalue weighted by atomic mass is 16.5. The number of nitrogens with two attached hydrogens (primary N) is 1. The Morgan fingerprint density at radius 3 is 2.48 bits per heavy atom. The zero-order chi connectivity index (χ0) is 15.4. The van der Waals surface area contributed by atoms with Crippen molar-refractivity contribution in [1.29, 1.82) is 0 Å². The molecule has 0 amide bonds. The van der Waals surface area contributed by atoms with E-state index in [0.29, 0.717) is 12.0 Å². The average Bonchev–Trinajstić information content (AvgIpc) is 2.85. The molecule has 3 unspecified atom stereocenters. The lowest BCUT2D eigenvalue weighted by atomic mass is 9.48. The summed E-state index contributed by atoms with van der Waals surface area (Å²) in [6.07, 6.45) is 1.45. The zero-order valence-electron chi connectivity index (χ0n) is 13.9. The van der Waals surface area contributed by atoms with E-state index < -0.39 is 0 Å². The molecule has 1 aromatic rings. The van der Waals surface area contributed by atoms with Crippen molar-refractivity contribution in [2.75, 3.05) is 25.1 Å². The first kappa shape index (κ1) is 14.9. The number of likely N-dealkylation sites (N-methyl/N-ethyl adjacent to an activating group) is 1. The molecule has 1 aliphatic carbocycles. The molecule has 2 aliphatic rings. The molecule has 1 aromatic carbocycles. The van der Waals surface area contributed by atoms with Crippen molar-refractivity contribution < 1.29 is 4.74 Å². The molecule has 1 aliphatic heterocycles. The molecule has 0 radical (unpaired) electrons. The maximum atomic E-state index is 6.86. The van der Waals surface area contributed by atoms with Gasteiger partial charge in [0.05, 0.1) is 6.10 Å². The summed E-state index contributed by atoms with van der Waals surface area (Å²) < 4.78 is 5.89. The minimum absolute atomic E-state index is 0.0430. The van der Waals surface area contributed by atoms with Gasteiger partial charge in [-0.05, 0) is 43.5 Å². The van der Waals surface area contributed by atoms with Crippen molar-refractivity contribution in [3.05, 3.63) is 29.3 Å². The highest BCUT2D eigenvalue weighted by Crippen LogP contribution is 2.58. The van der Waals surface area contributed by atoms with E-state index >= 15 is 0 Å². The highest BCUT2D eigenvalue weighted by molar-refractivity contribution is 5.51. The first-order chi connectivity index (χ1) is 9.75. The molecule has 3 rings (SSSR count). The van der Waals surface area contributed by atoms with Gasteiger partial charge in [-0.1, -0.05) is 19.9 Å². The third kappa shape index (κ3) is 2.09. The summed E-state index contributed by atoms with van der Waals surface area (Å²) in [5.41, 5.74) is 10.6. The van der Waals surface area contributed by atoms with E-state index in [1.54, 1.807) is 0 Å². The second kappa shape index (κ2) is 4.72. The average molecular weight is 288 g/mol. The van der Waals surface area contributed by atoms with Crippen LogP contribution in [0.15, 0.2) is 18.2 Å². The van der Waals surface area contributed by atoms with Crippen LogP contribution in [-0.4, -0.2) is 31.8 Å². The Labute approximate surface area is 128 Å². The summed E-state index contributed by atoms with van der Waals surface area (Å²) in [5.74, 6) is 0.501. The van der Waals surface area contributed by atoms with Crippen LogP contribution in [0, 0.1) is 25.2 Å². The van der Waals surface area contributed by atoms with Crippen molar-refractivity contribution >= 4 is 5.69 Å². The van der Waals surface area contributed by atoms with Crippen molar-refractivity contribution in [1.82, 2.24) is 0 Å². The molecule has 2 N–H and O–H groups in total. The Hall–Kier alpha value is -1.06. The van der Waals surface area contributed by atoms with Crippen LogP contribution < -0.4 is 10.6 Å². The standard InChI is InChI=1S/C18H28N2O/c1-12-8-13(2)10-14(9-12)20(5)11-18(19)15-6-7-21-16(15)17(18,3)4/h8-10,15-16H,6-7,11,19H2,1-5H3. The molecule has 2 fully saturated rings. The Morgan fingerprint density at radius 1 is 1.24 bits per heavy atom. The third-order valence-corrected chi connectivity index (χ3v) is 5.81. The predicted octanol–water partition coefficient (Wildman–Crippen LogP) is 2.88. The fourth-order valence-electron chi connectivity index (χ4n) is 4.45. The second-order valence-electron chi connectivity index (χ2n) is 7.65. The van der Waals surface area contributed by atoms with Gasteiger partial charge in [-0.2, -0.15) is 0 Å². The number of ether oxygens (including phenoxy) is 1. The van der Waals surface area contributed by atoms with Crippen LogP contribution >= 0.6 is 0 Å². The molecule has 0 bridgehead atoms. The third-order valence-electron chi connectivity index (χ3n) is 5.81. The van der Waals surface area contributed by atoms with Gasteiger partial charge in [-0.3, -0.25) is 0 Å². The fraction of sp³-hybridized carbons (Fsp3) is 0.667. The lowest BCUT2D eigenvalue weighted by Gasteiger charge is -2.63. The lowest BCUT2D eigenvalue weighted by Crippen LogP contribution is -2.78. The highest BCUT2D eigenvalue weighted by Gasteiger charge is 2.67. The Balaban J connectivity index is 1.82. The molecular weight excluding hydrogens is 260 g/mol. The number of nitrogens with zero attached hydrogens (tertiary/aromatic N) is 1. The van der Waals surface area contributed by atoms with Gasteiger partial charge in [0.2, 0.25) is 0 Å². The number of aryl methyl sites for hydroxylation is 2. The molecule has 3 atom stereocenters. The smallest absolute Gasteiger partial charge is 0.0691 e. The van der Waals surface area contributed by atoms with Gasteiger partial charge >= 0.3 is 0 Å². The number of anilines is 1. The van der Waals surface area contributed by atoms with Crippen molar-refractivity contribution in [3.8, 4) is 0 Å². The van der Waals surface area contributed by atoms with Crippen LogP contribution in [0.3, 0.4) is 0 Å². The van der Waals surface area contributed by atoms with Crippen LogP contribution in [0.4, 0.5) is 5.69 Å². The molecule has 3 nitrogen and oxygen atoms in total. The van der Waals surface area contributed by atoms with E-state index in [9.17, 15) is 0 Å². The van der Waals surface area contributed by atoms with Gasteiger partial charge < -0.3 is 15.4 Å². The van der Waals surface area contributed by atoms with Crippen LogP contribution in [0.25, 0.3) is 0 Å². The number of hydrogen-bond donors (Lipinski definition) is 1. The molecule has 0 spiro atoms. The SMILES string of the molecule is Cc1cc(C)cc(N(C)CC2(N)C3CCOC3C2(C)C)c1. The van der Waals surface area contributed by atoms with Crippen molar-refractivity contribution in [2.24, 2.45) is 17.1 Å². The maximum absolute atomic E-state index is 6.86. The summed E-state index contributed by atoms with van der Waals surface area (Å²) in [7, 11) is 2.15. The fourth-order valence-corrected chi connectivity index (χ4v) is 4.45. The first-order valence-electron chi connectivity index (χ1n) is 7.95. The predicted molar refractivity (Wildman–Crippen MR) is 87.7 cm³/mol. The second-order valence-corrected chi connectivity index (χ2v) is 7.65. The van der Waals surface area contributed by atoms with Crippen molar-refractivity contribution in [2.45, 2.75) is 45.8 Å².